The van der Waals surface area contributed by atoms with Gasteiger partial charge in [-0.15, -0.1) is 35.3 Å². The molecule has 1 aliphatic heterocycles. The van der Waals surface area contributed by atoms with E-state index >= 15 is 0 Å². The fourth-order valence-corrected chi connectivity index (χ4v) is 4.51. The number of aryl methyl sites for hydroxylation is 1. The van der Waals surface area contributed by atoms with Gasteiger partial charge in [0.05, 0.1) is 12.2 Å². The van der Waals surface area contributed by atoms with Gasteiger partial charge in [-0.3, -0.25) is 9.79 Å². The largest absolute Gasteiger partial charge is 0.359 e. The Bertz CT molecular complexity index is 816. The zero-order valence-corrected chi connectivity index (χ0v) is 20.4. The van der Waals surface area contributed by atoms with E-state index in [2.05, 4.69) is 39.6 Å². The Labute approximate surface area is 194 Å². The summed E-state index contributed by atoms with van der Waals surface area (Å²) in [6.07, 6.45) is 2.66. The number of halogens is 1. The minimum Gasteiger partial charge on any atom is -0.359 e. The number of aliphatic imine (C=N–C) groups is 1. The Morgan fingerprint density at radius 2 is 1.97 bits per heavy atom. The third-order valence-corrected chi connectivity index (χ3v) is 6.41. The maximum Gasteiger partial charge on any atom is 0.220 e. The zero-order chi connectivity index (χ0) is 19.9. The van der Waals surface area contributed by atoms with Crippen molar-refractivity contribution in [2.45, 2.75) is 32.7 Å². The SMILES string of the molecule is CN=C(NCc1sc(-c2ccccc2)nc1C)N1CCC(CC(=O)NC)CC1.I. The lowest BCUT2D eigenvalue weighted by Gasteiger charge is -2.34. The topological polar surface area (TPSA) is 69.6 Å². The summed E-state index contributed by atoms with van der Waals surface area (Å²) in [5.41, 5.74) is 2.22. The molecule has 2 N–H and O–H groups in total. The molecule has 1 saturated heterocycles. The van der Waals surface area contributed by atoms with Crippen molar-refractivity contribution in [3.8, 4) is 10.6 Å². The summed E-state index contributed by atoms with van der Waals surface area (Å²) in [5, 5.41) is 7.27. The van der Waals surface area contributed by atoms with E-state index in [1.54, 1.807) is 18.4 Å². The number of piperidine rings is 1. The maximum atomic E-state index is 11.6. The first kappa shape index (κ1) is 23.6. The Kier molecular flexibility index (Phi) is 9.35. The molecule has 0 atom stereocenters. The number of hydrogen-bond donors (Lipinski definition) is 2. The molecule has 2 aromatic rings. The minimum atomic E-state index is 0. The van der Waals surface area contributed by atoms with E-state index in [0.29, 0.717) is 12.3 Å². The normalized spacial score (nSPS) is 15.0. The lowest BCUT2D eigenvalue weighted by molar-refractivity contribution is -0.121. The minimum absolute atomic E-state index is 0. The highest BCUT2D eigenvalue weighted by molar-refractivity contribution is 14.0. The first-order valence-electron chi connectivity index (χ1n) is 9.78. The molecule has 2 heterocycles. The molecule has 1 amide bonds. The van der Waals surface area contributed by atoms with Gasteiger partial charge in [-0.05, 0) is 25.7 Å². The number of aromatic nitrogens is 1. The Morgan fingerprint density at radius 3 is 2.59 bits per heavy atom. The van der Waals surface area contributed by atoms with Gasteiger partial charge in [0.1, 0.15) is 5.01 Å². The van der Waals surface area contributed by atoms with Crippen molar-refractivity contribution in [1.82, 2.24) is 20.5 Å². The second kappa shape index (κ2) is 11.5. The van der Waals surface area contributed by atoms with Crippen LogP contribution in [0.2, 0.25) is 0 Å². The molecule has 0 saturated carbocycles. The third kappa shape index (κ3) is 6.40. The van der Waals surface area contributed by atoms with Crippen LogP contribution in [0, 0.1) is 12.8 Å². The van der Waals surface area contributed by atoms with Crippen LogP contribution in [-0.4, -0.2) is 48.9 Å². The quantitative estimate of drug-likeness (QED) is 0.354. The fourth-order valence-electron chi connectivity index (χ4n) is 3.50. The Balaban J connectivity index is 0.00000300. The summed E-state index contributed by atoms with van der Waals surface area (Å²) >= 11 is 1.73. The Morgan fingerprint density at radius 1 is 1.28 bits per heavy atom. The standard InChI is InChI=1S/C21H29N5OS.HI/c1-15-18(28-20(25-15)17-7-5-4-6-8-17)14-24-21(23-3)26-11-9-16(10-12-26)13-19(27)22-2;/h4-8,16H,9-14H2,1-3H3,(H,22,27)(H,23,24);1H. The van der Waals surface area contributed by atoms with Gasteiger partial charge < -0.3 is 15.5 Å². The number of thiazole rings is 1. The molecule has 8 heteroatoms. The van der Waals surface area contributed by atoms with Crippen molar-refractivity contribution in [1.29, 1.82) is 0 Å². The Hall–Kier alpha value is -1.68. The van der Waals surface area contributed by atoms with Crippen molar-refractivity contribution in [2.75, 3.05) is 27.2 Å². The van der Waals surface area contributed by atoms with Gasteiger partial charge in [-0.25, -0.2) is 4.98 Å². The van der Waals surface area contributed by atoms with Gasteiger partial charge >= 0.3 is 0 Å². The molecule has 3 rings (SSSR count). The highest BCUT2D eigenvalue weighted by atomic mass is 127. The summed E-state index contributed by atoms with van der Waals surface area (Å²) in [7, 11) is 3.53. The van der Waals surface area contributed by atoms with E-state index < -0.39 is 0 Å². The summed E-state index contributed by atoms with van der Waals surface area (Å²) in [6.45, 7) is 4.64. The molecule has 1 aromatic carbocycles. The molecule has 0 unspecified atom stereocenters. The summed E-state index contributed by atoms with van der Waals surface area (Å²) in [4.78, 5) is 24.3. The molecule has 158 valence electrons. The zero-order valence-electron chi connectivity index (χ0n) is 17.3. The van der Waals surface area contributed by atoms with Crippen molar-refractivity contribution in [2.24, 2.45) is 10.9 Å². The van der Waals surface area contributed by atoms with Crippen molar-refractivity contribution < 1.29 is 4.79 Å². The molecule has 0 aliphatic carbocycles. The van der Waals surface area contributed by atoms with Crippen LogP contribution in [-0.2, 0) is 11.3 Å². The predicted molar refractivity (Wildman–Crippen MR) is 131 cm³/mol. The van der Waals surface area contributed by atoms with Crippen LogP contribution in [0.5, 0.6) is 0 Å². The fraction of sp³-hybridized carbons (Fsp3) is 0.476. The van der Waals surface area contributed by atoms with Crippen molar-refractivity contribution in [3.05, 3.63) is 40.9 Å². The van der Waals surface area contributed by atoms with Crippen LogP contribution in [0.3, 0.4) is 0 Å². The van der Waals surface area contributed by atoms with E-state index in [4.69, 9.17) is 4.98 Å². The number of rotatable bonds is 5. The van der Waals surface area contributed by atoms with E-state index in [-0.39, 0.29) is 29.9 Å². The number of benzene rings is 1. The molecule has 1 fully saturated rings. The van der Waals surface area contributed by atoms with Gasteiger partial charge in [0.25, 0.3) is 0 Å². The van der Waals surface area contributed by atoms with Gasteiger partial charge in [0.15, 0.2) is 5.96 Å². The molecule has 1 aromatic heterocycles. The molecule has 6 nitrogen and oxygen atoms in total. The monoisotopic (exact) mass is 527 g/mol. The lowest BCUT2D eigenvalue weighted by atomic mass is 9.93. The number of nitrogens with zero attached hydrogens (tertiary/aromatic N) is 3. The van der Waals surface area contributed by atoms with Gasteiger partial charge in [0, 0.05) is 44.0 Å². The average molecular weight is 527 g/mol. The summed E-state index contributed by atoms with van der Waals surface area (Å²) in [5.74, 6) is 1.52. The number of carbonyl (C=O) groups is 1. The second-order valence-electron chi connectivity index (χ2n) is 7.10. The van der Waals surface area contributed by atoms with Crippen LogP contribution < -0.4 is 10.6 Å². The predicted octanol–water partition coefficient (Wildman–Crippen LogP) is 3.66. The molecule has 0 bridgehead atoms. The summed E-state index contributed by atoms with van der Waals surface area (Å²) in [6, 6.07) is 10.3. The third-order valence-electron chi connectivity index (χ3n) is 5.20. The molecule has 0 spiro atoms. The number of nitrogens with one attached hydrogen (secondary N) is 2. The highest BCUT2D eigenvalue weighted by Crippen LogP contribution is 2.27. The number of amides is 1. The summed E-state index contributed by atoms with van der Waals surface area (Å²) < 4.78 is 0. The molecule has 29 heavy (non-hydrogen) atoms. The number of carbonyl (C=O) groups excluding carboxylic acids is 1. The lowest BCUT2D eigenvalue weighted by Crippen LogP contribution is -2.45. The maximum absolute atomic E-state index is 11.6. The first-order chi connectivity index (χ1) is 13.6. The number of hydrogen-bond acceptors (Lipinski definition) is 4. The van der Waals surface area contributed by atoms with Crippen LogP contribution in [0.1, 0.15) is 29.8 Å². The van der Waals surface area contributed by atoms with Crippen LogP contribution in [0.25, 0.3) is 10.6 Å². The van der Waals surface area contributed by atoms with E-state index in [1.165, 1.54) is 4.88 Å². The first-order valence-corrected chi connectivity index (χ1v) is 10.6. The van der Waals surface area contributed by atoms with Crippen molar-refractivity contribution >= 4 is 47.2 Å². The van der Waals surface area contributed by atoms with E-state index in [0.717, 1.165) is 54.7 Å². The van der Waals surface area contributed by atoms with Crippen LogP contribution in [0.15, 0.2) is 35.3 Å². The molecule has 1 aliphatic rings. The van der Waals surface area contributed by atoms with Gasteiger partial charge in [0.2, 0.25) is 5.91 Å². The molecule has 0 radical (unpaired) electrons. The molecular formula is C21H30IN5OS. The number of likely N-dealkylation sites (tertiary alicyclic amines) is 1. The average Bonchev–Trinajstić information content (AvgIpc) is 3.11. The second-order valence-corrected chi connectivity index (χ2v) is 8.19. The highest BCUT2D eigenvalue weighted by Gasteiger charge is 2.23. The molecular weight excluding hydrogens is 497 g/mol. The van der Waals surface area contributed by atoms with E-state index in [1.807, 2.05) is 25.2 Å². The van der Waals surface area contributed by atoms with Gasteiger partial charge in [-0.2, -0.15) is 0 Å². The van der Waals surface area contributed by atoms with Gasteiger partial charge in [-0.1, -0.05) is 30.3 Å². The van der Waals surface area contributed by atoms with Crippen LogP contribution >= 0.6 is 35.3 Å². The smallest absolute Gasteiger partial charge is 0.220 e. The van der Waals surface area contributed by atoms with Crippen LogP contribution in [0.4, 0.5) is 0 Å². The van der Waals surface area contributed by atoms with E-state index in [9.17, 15) is 4.79 Å². The van der Waals surface area contributed by atoms with Crippen molar-refractivity contribution in [3.63, 3.8) is 0 Å². The number of guanidine groups is 1.